The Morgan fingerprint density at radius 1 is 0.769 bits per heavy atom. The maximum Gasteiger partial charge on any atom is 0.289 e. The lowest BCUT2D eigenvalue weighted by Gasteiger charge is -2.36. The Hall–Kier alpha value is -3.00. The minimum absolute atomic E-state index is 0. The Labute approximate surface area is 241 Å². The van der Waals surface area contributed by atoms with Crippen LogP contribution >= 0.6 is 24.2 Å². The highest BCUT2D eigenvalue weighted by Crippen LogP contribution is 2.42. The SMILES string of the molecule is COc1ccccc1N1CCN(CCCN2C(=O)SC(Cc3ccccc3)(Cc3ccccc3)C2=O)CC1.Cl. The first-order valence-electron chi connectivity index (χ1n) is 13.3. The molecule has 2 amide bonds. The molecule has 8 heteroatoms. The molecule has 6 nitrogen and oxygen atoms in total. The van der Waals surface area contributed by atoms with E-state index >= 15 is 0 Å². The fraction of sp³-hybridized carbons (Fsp3) is 0.355. The summed E-state index contributed by atoms with van der Waals surface area (Å²) in [7, 11) is 1.71. The molecule has 2 fully saturated rings. The topological polar surface area (TPSA) is 53.1 Å². The Kier molecular flexibility index (Phi) is 9.94. The molecular weight excluding hydrogens is 530 g/mol. The minimum Gasteiger partial charge on any atom is -0.495 e. The van der Waals surface area contributed by atoms with Crippen LogP contribution in [0.2, 0.25) is 0 Å². The van der Waals surface area contributed by atoms with Gasteiger partial charge >= 0.3 is 0 Å². The molecule has 0 spiro atoms. The van der Waals surface area contributed by atoms with Crippen molar-refractivity contribution < 1.29 is 14.3 Å². The lowest BCUT2D eigenvalue weighted by atomic mass is 9.90. The van der Waals surface area contributed by atoms with Crippen LogP contribution in [0.3, 0.4) is 0 Å². The van der Waals surface area contributed by atoms with Crippen molar-refractivity contribution in [1.82, 2.24) is 9.80 Å². The van der Waals surface area contributed by atoms with Gasteiger partial charge in [0.25, 0.3) is 5.24 Å². The normalized spacial score (nSPS) is 17.3. The molecule has 39 heavy (non-hydrogen) atoms. The van der Waals surface area contributed by atoms with Gasteiger partial charge in [-0.25, -0.2) is 0 Å². The smallest absolute Gasteiger partial charge is 0.289 e. The van der Waals surface area contributed by atoms with Gasteiger partial charge < -0.3 is 9.64 Å². The van der Waals surface area contributed by atoms with Gasteiger partial charge in [0.15, 0.2) is 0 Å². The maximum absolute atomic E-state index is 13.8. The lowest BCUT2D eigenvalue weighted by Crippen LogP contribution is -2.47. The number of nitrogens with zero attached hydrogens (tertiary/aromatic N) is 3. The first kappa shape index (κ1) is 29.0. The van der Waals surface area contributed by atoms with Gasteiger partial charge in [0.1, 0.15) is 10.5 Å². The quantitative estimate of drug-likeness (QED) is 0.321. The average molecular weight is 566 g/mol. The van der Waals surface area contributed by atoms with Gasteiger partial charge in [0.05, 0.1) is 12.8 Å². The molecule has 2 saturated heterocycles. The number of para-hydroxylation sites is 2. The molecule has 3 aromatic rings. The summed E-state index contributed by atoms with van der Waals surface area (Å²) in [5.74, 6) is 0.847. The van der Waals surface area contributed by atoms with Crippen LogP contribution in [0.5, 0.6) is 5.75 Å². The van der Waals surface area contributed by atoms with Crippen LogP contribution in [0.4, 0.5) is 10.5 Å². The summed E-state index contributed by atoms with van der Waals surface area (Å²) < 4.78 is 4.73. The second kappa shape index (κ2) is 13.4. The van der Waals surface area contributed by atoms with Crippen LogP contribution < -0.4 is 9.64 Å². The van der Waals surface area contributed by atoms with Crippen molar-refractivity contribution in [2.75, 3.05) is 51.3 Å². The van der Waals surface area contributed by atoms with Crippen LogP contribution in [-0.2, 0) is 17.6 Å². The van der Waals surface area contributed by atoms with Crippen LogP contribution in [0.1, 0.15) is 17.5 Å². The Morgan fingerprint density at radius 2 is 1.33 bits per heavy atom. The van der Waals surface area contributed by atoms with E-state index in [9.17, 15) is 9.59 Å². The van der Waals surface area contributed by atoms with Gasteiger partial charge in [-0.15, -0.1) is 12.4 Å². The van der Waals surface area contributed by atoms with E-state index in [2.05, 4.69) is 15.9 Å². The molecule has 0 atom stereocenters. The van der Waals surface area contributed by atoms with Crippen molar-refractivity contribution >= 4 is 41.0 Å². The number of carbonyl (C=O) groups excluding carboxylic acids is 2. The zero-order valence-corrected chi connectivity index (χ0v) is 24.0. The number of carbonyl (C=O) groups is 2. The number of benzene rings is 3. The van der Waals surface area contributed by atoms with E-state index in [-0.39, 0.29) is 23.6 Å². The highest BCUT2D eigenvalue weighted by molar-refractivity contribution is 8.16. The molecule has 0 unspecified atom stereocenters. The third kappa shape index (κ3) is 6.78. The van der Waals surface area contributed by atoms with E-state index in [4.69, 9.17) is 4.74 Å². The van der Waals surface area contributed by atoms with E-state index in [1.165, 1.54) is 16.7 Å². The number of piperazine rings is 1. The summed E-state index contributed by atoms with van der Waals surface area (Å²) >= 11 is 1.21. The van der Waals surface area contributed by atoms with Crippen molar-refractivity contribution in [1.29, 1.82) is 0 Å². The molecule has 0 bridgehead atoms. The highest BCUT2D eigenvalue weighted by Gasteiger charge is 2.52. The van der Waals surface area contributed by atoms with Crippen molar-refractivity contribution in [3.63, 3.8) is 0 Å². The first-order chi connectivity index (χ1) is 18.6. The van der Waals surface area contributed by atoms with Crippen LogP contribution in [0.25, 0.3) is 0 Å². The van der Waals surface area contributed by atoms with Crippen molar-refractivity contribution in [3.05, 3.63) is 96.1 Å². The van der Waals surface area contributed by atoms with Gasteiger partial charge in [-0.1, -0.05) is 72.8 Å². The Morgan fingerprint density at radius 3 is 1.92 bits per heavy atom. The molecule has 2 aliphatic heterocycles. The second-order valence-electron chi connectivity index (χ2n) is 10.00. The van der Waals surface area contributed by atoms with E-state index in [0.29, 0.717) is 19.4 Å². The van der Waals surface area contributed by atoms with E-state index in [0.717, 1.165) is 61.7 Å². The summed E-state index contributed by atoms with van der Waals surface area (Å²) in [5, 5.41) is -0.122. The fourth-order valence-corrected chi connectivity index (χ4v) is 6.77. The van der Waals surface area contributed by atoms with E-state index in [1.807, 2.05) is 78.9 Å². The molecule has 3 aromatic carbocycles. The van der Waals surface area contributed by atoms with Crippen LogP contribution in [0, 0.1) is 0 Å². The van der Waals surface area contributed by atoms with E-state index in [1.54, 1.807) is 7.11 Å². The highest BCUT2D eigenvalue weighted by atomic mass is 35.5. The third-order valence-electron chi connectivity index (χ3n) is 7.46. The number of imide groups is 1. The van der Waals surface area contributed by atoms with Gasteiger partial charge in [0, 0.05) is 32.7 Å². The Balaban J connectivity index is 0.00000353. The monoisotopic (exact) mass is 565 g/mol. The Bertz CT molecular complexity index is 1190. The lowest BCUT2D eigenvalue weighted by molar-refractivity contribution is -0.129. The number of hydrogen-bond acceptors (Lipinski definition) is 6. The molecule has 0 aromatic heterocycles. The zero-order chi connectivity index (χ0) is 26.4. The van der Waals surface area contributed by atoms with Crippen molar-refractivity contribution in [2.45, 2.75) is 24.0 Å². The summed E-state index contributed by atoms with van der Waals surface area (Å²) in [6.45, 7) is 5.07. The number of halogens is 1. The third-order valence-corrected chi connectivity index (χ3v) is 8.71. The number of methoxy groups -OCH3 is 1. The molecule has 5 rings (SSSR count). The van der Waals surface area contributed by atoms with Crippen LogP contribution in [-0.4, -0.2) is 72.1 Å². The molecule has 0 N–H and O–H groups in total. The molecular formula is C31H36ClN3O3S. The van der Waals surface area contributed by atoms with Gasteiger partial charge in [-0.2, -0.15) is 0 Å². The van der Waals surface area contributed by atoms with E-state index < -0.39 is 4.75 Å². The fourth-order valence-electron chi connectivity index (χ4n) is 5.48. The molecule has 206 valence electrons. The van der Waals surface area contributed by atoms with Crippen molar-refractivity contribution in [2.24, 2.45) is 0 Å². The predicted molar refractivity (Wildman–Crippen MR) is 161 cm³/mol. The number of thioether (sulfide) groups is 1. The molecule has 2 aliphatic rings. The van der Waals surface area contributed by atoms with Gasteiger partial charge in [-0.3, -0.25) is 19.4 Å². The average Bonchev–Trinajstić information content (AvgIpc) is 3.18. The van der Waals surface area contributed by atoms with Crippen molar-refractivity contribution in [3.8, 4) is 5.75 Å². The maximum atomic E-state index is 13.8. The van der Waals surface area contributed by atoms with Gasteiger partial charge in [0.2, 0.25) is 5.91 Å². The van der Waals surface area contributed by atoms with Crippen LogP contribution in [0.15, 0.2) is 84.9 Å². The molecule has 0 radical (unpaired) electrons. The second-order valence-corrected chi connectivity index (χ2v) is 11.3. The number of amides is 2. The zero-order valence-electron chi connectivity index (χ0n) is 22.3. The number of hydrogen-bond donors (Lipinski definition) is 0. The number of ether oxygens (including phenoxy) is 1. The number of anilines is 1. The summed E-state index contributed by atoms with van der Waals surface area (Å²) in [6, 6.07) is 28.2. The minimum atomic E-state index is -0.805. The summed E-state index contributed by atoms with van der Waals surface area (Å²) in [6.07, 6.45) is 1.86. The molecule has 0 aliphatic carbocycles. The van der Waals surface area contributed by atoms with Gasteiger partial charge in [-0.05, 0) is 60.8 Å². The first-order valence-corrected chi connectivity index (χ1v) is 14.1. The standard InChI is InChI=1S/C31H35N3O3S.ClH/c1-37-28-16-9-8-15-27(28)33-21-19-32(20-22-33)17-10-18-34-29(35)31(38-30(34)36,23-25-11-4-2-5-12-25)24-26-13-6-3-7-14-26;/h2-9,11-16H,10,17-24H2,1H3;1H. The summed E-state index contributed by atoms with van der Waals surface area (Å²) in [5.41, 5.74) is 3.28. The predicted octanol–water partition coefficient (Wildman–Crippen LogP) is 5.55. The molecule has 0 saturated carbocycles. The largest absolute Gasteiger partial charge is 0.495 e. The molecule has 2 heterocycles. The summed E-state index contributed by atoms with van der Waals surface area (Å²) in [4.78, 5) is 33.3. The number of rotatable bonds is 10.